The van der Waals surface area contributed by atoms with E-state index in [0.717, 1.165) is 0 Å². The second-order valence-corrected chi connectivity index (χ2v) is 5.19. The summed E-state index contributed by atoms with van der Waals surface area (Å²) in [6.45, 7) is 2.29. The highest BCUT2D eigenvalue weighted by Crippen LogP contribution is 2.18. The summed E-state index contributed by atoms with van der Waals surface area (Å²) in [6, 6.07) is -2.96. The standard InChI is InChI=1S/C13H21N3O6/c1-7(13(21)22)14-11(19)10-4-3-5-16(10)12(20)9(6-17)15-8(2)18/h7,9-10,17H,3-6H2,1-2H3,(H,14,19)(H,15,18)(H,21,22)/t7-,9-,10-/m0/s1. The quantitative estimate of drug-likeness (QED) is 0.450. The molecular weight excluding hydrogens is 294 g/mol. The summed E-state index contributed by atoms with van der Waals surface area (Å²) in [5, 5.41) is 22.6. The van der Waals surface area contributed by atoms with Crippen LogP contribution in [0, 0.1) is 0 Å². The third-order valence-corrected chi connectivity index (χ3v) is 3.43. The van der Waals surface area contributed by atoms with Gasteiger partial charge in [0.1, 0.15) is 18.1 Å². The molecule has 3 amide bonds. The van der Waals surface area contributed by atoms with Gasteiger partial charge in [-0.3, -0.25) is 19.2 Å². The SMILES string of the molecule is CC(=O)N[C@@H](CO)C(=O)N1CCC[C@H]1C(=O)N[C@@H](C)C(=O)O. The molecule has 0 aromatic carbocycles. The Hall–Kier alpha value is -2.16. The molecule has 9 nitrogen and oxygen atoms in total. The zero-order valence-corrected chi connectivity index (χ0v) is 12.5. The van der Waals surface area contributed by atoms with E-state index in [1.54, 1.807) is 0 Å². The van der Waals surface area contributed by atoms with E-state index in [-0.39, 0.29) is 0 Å². The number of aliphatic hydroxyl groups is 1. The average Bonchev–Trinajstić information content (AvgIpc) is 2.92. The van der Waals surface area contributed by atoms with Gasteiger partial charge in [-0.15, -0.1) is 0 Å². The molecule has 1 aliphatic heterocycles. The minimum Gasteiger partial charge on any atom is -0.480 e. The van der Waals surface area contributed by atoms with Gasteiger partial charge >= 0.3 is 5.97 Å². The molecule has 22 heavy (non-hydrogen) atoms. The normalized spacial score (nSPS) is 20.1. The first-order chi connectivity index (χ1) is 10.3. The Labute approximate surface area is 127 Å². The largest absolute Gasteiger partial charge is 0.480 e. The van der Waals surface area contributed by atoms with Crippen LogP contribution in [-0.4, -0.2) is 70.1 Å². The van der Waals surface area contributed by atoms with Gasteiger partial charge in [-0.2, -0.15) is 0 Å². The third-order valence-electron chi connectivity index (χ3n) is 3.43. The predicted molar refractivity (Wildman–Crippen MR) is 74.7 cm³/mol. The molecule has 3 atom stereocenters. The Kier molecular flexibility index (Phi) is 6.29. The smallest absolute Gasteiger partial charge is 0.325 e. The Morgan fingerprint density at radius 1 is 1.27 bits per heavy atom. The van der Waals surface area contributed by atoms with Crippen LogP contribution in [0.5, 0.6) is 0 Å². The van der Waals surface area contributed by atoms with E-state index in [1.807, 2.05) is 0 Å². The molecule has 0 saturated carbocycles. The molecule has 0 radical (unpaired) electrons. The number of carboxylic acid groups (broad SMARTS) is 1. The summed E-state index contributed by atoms with van der Waals surface area (Å²) in [5.74, 6) is -2.75. The van der Waals surface area contributed by atoms with E-state index >= 15 is 0 Å². The molecule has 0 aromatic rings. The lowest BCUT2D eigenvalue weighted by Crippen LogP contribution is -2.55. The highest BCUT2D eigenvalue weighted by Gasteiger charge is 2.37. The van der Waals surface area contributed by atoms with Crippen molar-refractivity contribution in [3.05, 3.63) is 0 Å². The Morgan fingerprint density at radius 2 is 1.91 bits per heavy atom. The Bertz CT molecular complexity index is 467. The van der Waals surface area contributed by atoms with Crippen LogP contribution in [-0.2, 0) is 19.2 Å². The van der Waals surface area contributed by atoms with E-state index < -0.39 is 48.4 Å². The second kappa shape index (κ2) is 7.74. The topological polar surface area (TPSA) is 136 Å². The molecular formula is C13H21N3O6. The Morgan fingerprint density at radius 3 is 2.41 bits per heavy atom. The van der Waals surface area contributed by atoms with Crippen molar-refractivity contribution in [2.24, 2.45) is 0 Å². The number of amides is 3. The maximum atomic E-state index is 12.3. The summed E-state index contributed by atoms with van der Waals surface area (Å²) in [7, 11) is 0. The second-order valence-electron chi connectivity index (χ2n) is 5.19. The molecule has 0 spiro atoms. The predicted octanol–water partition coefficient (Wildman–Crippen LogP) is -1.94. The van der Waals surface area contributed by atoms with Crippen molar-refractivity contribution in [2.45, 2.75) is 44.8 Å². The number of hydrogen-bond donors (Lipinski definition) is 4. The molecule has 1 rings (SSSR count). The van der Waals surface area contributed by atoms with Crippen molar-refractivity contribution >= 4 is 23.7 Å². The number of hydrogen-bond acceptors (Lipinski definition) is 5. The van der Waals surface area contributed by atoms with Crippen molar-refractivity contribution in [2.75, 3.05) is 13.2 Å². The van der Waals surface area contributed by atoms with Crippen LogP contribution in [0.25, 0.3) is 0 Å². The number of aliphatic hydroxyl groups excluding tert-OH is 1. The van der Waals surface area contributed by atoms with Gasteiger partial charge in [0.05, 0.1) is 6.61 Å². The van der Waals surface area contributed by atoms with Crippen LogP contribution >= 0.6 is 0 Å². The third kappa shape index (κ3) is 4.42. The van der Waals surface area contributed by atoms with Gasteiger partial charge in [0.2, 0.25) is 17.7 Å². The fourth-order valence-corrected chi connectivity index (χ4v) is 2.31. The molecule has 0 aromatic heterocycles. The molecule has 9 heteroatoms. The molecule has 1 saturated heterocycles. The number of carbonyl (C=O) groups is 4. The summed E-state index contributed by atoms with van der Waals surface area (Å²) in [5.41, 5.74) is 0. The van der Waals surface area contributed by atoms with Crippen LogP contribution in [0.2, 0.25) is 0 Å². The minimum absolute atomic E-state index is 0.314. The highest BCUT2D eigenvalue weighted by molar-refractivity contribution is 5.93. The first kappa shape index (κ1) is 17.9. The van der Waals surface area contributed by atoms with Crippen LogP contribution in [0.4, 0.5) is 0 Å². The van der Waals surface area contributed by atoms with E-state index in [4.69, 9.17) is 5.11 Å². The highest BCUT2D eigenvalue weighted by atomic mass is 16.4. The van der Waals surface area contributed by atoms with Crippen LogP contribution in [0.15, 0.2) is 0 Å². The monoisotopic (exact) mass is 315 g/mol. The molecule has 0 bridgehead atoms. The van der Waals surface area contributed by atoms with Gasteiger partial charge in [-0.1, -0.05) is 0 Å². The molecule has 1 fully saturated rings. The number of likely N-dealkylation sites (tertiary alicyclic amines) is 1. The average molecular weight is 315 g/mol. The van der Waals surface area contributed by atoms with Crippen molar-refractivity contribution < 1.29 is 29.4 Å². The molecule has 0 unspecified atom stereocenters. The summed E-state index contributed by atoms with van der Waals surface area (Å²) >= 11 is 0. The fraction of sp³-hybridized carbons (Fsp3) is 0.692. The molecule has 0 aliphatic carbocycles. The van der Waals surface area contributed by atoms with E-state index in [9.17, 15) is 24.3 Å². The van der Waals surface area contributed by atoms with Crippen molar-refractivity contribution in [1.82, 2.24) is 15.5 Å². The Balaban J connectivity index is 2.76. The van der Waals surface area contributed by atoms with Crippen molar-refractivity contribution in [1.29, 1.82) is 0 Å². The lowest BCUT2D eigenvalue weighted by molar-refractivity contribution is -0.144. The summed E-state index contributed by atoms with van der Waals surface area (Å²) in [4.78, 5) is 47.5. The fourth-order valence-electron chi connectivity index (χ4n) is 2.31. The number of nitrogens with zero attached hydrogens (tertiary/aromatic N) is 1. The number of carboxylic acids is 1. The lowest BCUT2D eigenvalue weighted by atomic mass is 10.1. The van der Waals surface area contributed by atoms with E-state index in [0.29, 0.717) is 19.4 Å². The zero-order chi connectivity index (χ0) is 16.9. The van der Waals surface area contributed by atoms with Gasteiger partial charge in [0.15, 0.2) is 0 Å². The minimum atomic E-state index is -1.17. The molecule has 1 heterocycles. The van der Waals surface area contributed by atoms with Gasteiger partial charge in [0.25, 0.3) is 0 Å². The summed E-state index contributed by atoms with van der Waals surface area (Å²) < 4.78 is 0. The molecule has 124 valence electrons. The number of carbonyl (C=O) groups excluding carboxylic acids is 3. The van der Waals surface area contributed by atoms with Crippen molar-refractivity contribution in [3.8, 4) is 0 Å². The van der Waals surface area contributed by atoms with Gasteiger partial charge in [-0.05, 0) is 19.8 Å². The van der Waals surface area contributed by atoms with Gasteiger partial charge < -0.3 is 25.7 Å². The summed E-state index contributed by atoms with van der Waals surface area (Å²) in [6.07, 6.45) is 0.992. The zero-order valence-electron chi connectivity index (χ0n) is 12.5. The maximum Gasteiger partial charge on any atom is 0.325 e. The maximum absolute atomic E-state index is 12.3. The molecule has 4 N–H and O–H groups in total. The lowest BCUT2D eigenvalue weighted by Gasteiger charge is -2.28. The number of aliphatic carboxylic acids is 1. The van der Waals surface area contributed by atoms with E-state index in [1.165, 1.54) is 18.7 Å². The van der Waals surface area contributed by atoms with Crippen LogP contribution < -0.4 is 10.6 Å². The van der Waals surface area contributed by atoms with E-state index in [2.05, 4.69) is 10.6 Å². The number of rotatable bonds is 6. The first-order valence-electron chi connectivity index (χ1n) is 6.99. The van der Waals surface area contributed by atoms with Crippen molar-refractivity contribution in [3.63, 3.8) is 0 Å². The first-order valence-corrected chi connectivity index (χ1v) is 6.99. The van der Waals surface area contributed by atoms with Crippen LogP contribution in [0.1, 0.15) is 26.7 Å². The van der Waals surface area contributed by atoms with Gasteiger partial charge in [-0.25, -0.2) is 0 Å². The molecule has 1 aliphatic rings. The van der Waals surface area contributed by atoms with Gasteiger partial charge in [0, 0.05) is 13.5 Å². The number of nitrogens with one attached hydrogen (secondary N) is 2. The van der Waals surface area contributed by atoms with Crippen LogP contribution in [0.3, 0.4) is 0 Å².